The van der Waals surface area contributed by atoms with E-state index in [1.54, 1.807) is 11.8 Å². The van der Waals surface area contributed by atoms with Gasteiger partial charge < -0.3 is 10.6 Å². The van der Waals surface area contributed by atoms with Gasteiger partial charge in [0.25, 0.3) is 0 Å². The molecule has 0 bridgehead atoms. The van der Waals surface area contributed by atoms with Crippen LogP contribution in [-0.4, -0.2) is 18.8 Å². The van der Waals surface area contributed by atoms with Crippen molar-refractivity contribution in [3.63, 3.8) is 0 Å². The van der Waals surface area contributed by atoms with E-state index in [0.717, 1.165) is 24.9 Å². The molecule has 0 fully saturated rings. The predicted octanol–water partition coefficient (Wildman–Crippen LogP) is 3.64. The molecular weight excluding hydrogens is 256 g/mol. The number of thioether (sulfide) groups is 1. The largest absolute Gasteiger partial charge is 0.338 e. The summed E-state index contributed by atoms with van der Waals surface area (Å²) in [6, 6.07) is 8.16. The maximum absolute atomic E-state index is 11.6. The van der Waals surface area contributed by atoms with Crippen LogP contribution in [0.3, 0.4) is 0 Å². The van der Waals surface area contributed by atoms with Crippen LogP contribution in [0.1, 0.15) is 32.3 Å². The highest BCUT2D eigenvalue weighted by Crippen LogP contribution is 2.14. The van der Waals surface area contributed by atoms with Crippen LogP contribution in [0, 0.1) is 5.92 Å². The van der Waals surface area contributed by atoms with Crippen LogP contribution >= 0.6 is 11.8 Å². The van der Waals surface area contributed by atoms with Crippen molar-refractivity contribution in [3.8, 4) is 0 Å². The molecule has 0 aliphatic carbocycles. The first kappa shape index (κ1) is 15.9. The second-order valence-corrected chi connectivity index (χ2v) is 5.47. The normalized spacial score (nSPS) is 10.5. The summed E-state index contributed by atoms with van der Waals surface area (Å²) in [5.41, 5.74) is 1.12. The SMILES string of the molecule is CCC(CC)CNC(=O)NCc1ccc(SC)cc1. The number of hydrogen-bond donors (Lipinski definition) is 2. The first-order chi connectivity index (χ1) is 9.19. The lowest BCUT2D eigenvalue weighted by molar-refractivity contribution is 0.238. The van der Waals surface area contributed by atoms with Crippen molar-refractivity contribution in [2.24, 2.45) is 5.92 Å². The fraction of sp³-hybridized carbons (Fsp3) is 0.533. The number of carbonyl (C=O) groups is 1. The number of nitrogens with one attached hydrogen (secondary N) is 2. The topological polar surface area (TPSA) is 41.1 Å². The average Bonchev–Trinajstić information content (AvgIpc) is 2.46. The number of urea groups is 1. The summed E-state index contributed by atoms with van der Waals surface area (Å²) in [6.45, 7) is 5.63. The third-order valence-electron chi connectivity index (χ3n) is 3.32. The molecule has 0 aliphatic heterocycles. The van der Waals surface area contributed by atoms with Gasteiger partial charge in [-0.05, 0) is 29.9 Å². The summed E-state index contributed by atoms with van der Waals surface area (Å²) >= 11 is 1.72. The Bertz CT molecular complexity index is 374. The van der Waals surface area contributed by atoms with E-state index in [2.05, 4.69) is 42.9 Å². The van der Waals surface area contributed by atoms with Crippen molar-refractivity contribution in [1.82, 2.24) is 10.6 Å². The van der Waals surface area contributed by atoms with Crippen LogP contribution in [0.4, 0.5) is 4.79 Å². The fourth-order valence-corrected chi connectivity index (χ4v) is 2.21. The van der Waals surface area contributed by atoms with Gasteiger partial charge in [-0.2, -0.15) is 0 Å². The zero-order valence-corrected chi connectivity index (χ0v) is 12.8. The lowest BCUT2D eigenvalue weighted by Gasteiger charge is -2.14. The highest BCUT2D eigenvalue weighted by atomic mass is 32.2. The molecule has 2 amide bonds. The van der Waals surface area contributed by atoms with Crippen molar-refractivity contribution in [2.75, 3.05) is 12.8 Å². The molecular formula is C15H24N2OS. The van der Waals surface area contributed by atoms with Crippen molar-refractivity contribution < 1.29 is 4.79 Å². The summed E-state index contributed by atoms with van der Waals surface area (Å²) in [7, 11) is 0. The second kappa shape index (κ2) is 8.86. The van der Waals surface area contributed by atoms with Crippen LogP contribution in [0.15, 0.2) is 29.2 Å². The van der Waals surface area contributed by atoms with E-state index in [0.29, 0.717) is 12.5 Å². The molecule has 0 spiro atoms. The number of amides is 2. The molecule has 1 rings (SSSR count). The second-order valence-electron chi connectivity index (χ2n) is 4.59. The number of hydrogen-bond acceptors (Lipinski definition) is 2. The van der Waals surface area contributed by atoms with Gasteiger partial charge in [-0.3, -0.25) is 0 Å². The van der Waals surface area contributed by atoms with Crippen molar-refractivity contribution >= 4 is 17.8 Å². The van der Waals surface area contributed by atoms with Crippen molar-refractivity contribution in [3.05, 3.63) is 29.8 Å². The number of carbonyl (C=O) groups excluding carboxylic acids is 1. The molecule has 0 radical (unpaired) electrons. The van der Waals surface area contributed by atoms with Gasteiger partial charge in [0.15, 0.2) is 0 Å². The molecule has 0 aromatic heterocycles. The number of rotatable bonds is 7. The first-order valence-electron chi connectivity index (χ1n) is 6.84. The van der Waals surface area contributed by atoms with Crippen molar-refractivity contribution in [2.45, 2.75) is 38.1 Å². The highest BCUT2D eigenvalue weighted by Gasteiger charge is 2.05. The zero-order valence-electron chi connectivity index (χ0n) is 12.0. The van der Waals surface area contributed by atoms with Crippen LogP contribution in [0.2, 0.25) is 0 Å². The summed E-state index contributed by atoms with van der Waals surface area (Å²) in [6.07, 6.45) is 4.26. The molecule has 0 atom stereocenters. The summed E-state index contributed by atoms with van der Waals surface area (Å²) in [4.78, 5) is 12.9. The standard InChI is InChI=1S/C15H24N2OS/c1-4-12(5-2)10-16-15(18)17-11-13-6-8-14(19-3)9-7-13/h6-9,12H,4-5,10-11H2,1-3H3,(H2,16,17,18). The Morgan fingerprint density at radius 3 is 2.32 bits per heavy atom. The average molecular weight is 280 g/mol. The molecule has 0 saturated carbocycles. The molecule has 0 aliphatic rings. The molecule has 106 valence electrons. The maximum Gasteiger partial charge on any atom is 0.315 e. The van der Waals surface area contributed by atoms with E-state index in [4.69, 9.17) is 0 Å². The first-order valence-corrected chi connectivity index (χ1v) is 8.06. The van der Waals surface area contributed by atoms with E-state index < -0.39 is 0 Å². The van der Waals surface area contributed by atoms with E-state index in [1.165, 1.54) is 4.90 Å². The van der Waals surface area contributed by atoms with E-state index in [9.17, 15) is 4.79 Å². The van der Waals surface area contributed by atoms with Crippen LogP contribution < -0.4 is 10.6 Å². The molecule has 0 saturated heterocycles. The van der Waals surface area contributed by atoms with Gasteiger partial charge in [0, 0.05) is 18.0 Å². The Kier molecular flexibility index (Phi) is 7.41. The fourth-order valence-electron chi connectivity index (χ4n) is 1.80. The predicted molar refractivity (Wildman–Crippen MR) is 82.5 cm³/mol. The van der Waals surface area contributed by atoms with Gasteiger partial charge in [-0.1, -0.05) is 38.8 Å². The minimum absolute atomic E-state index is 0.0826. The van der Waals surface area contributed by atoms with E-state index in [1.807, 2.05) is 12.1 Å². The van der Waals surface area contributed by atoms with Crippen LogP contribution in [-0.2, 0) is 6.54 Å². The molecule has 3 nitrogen and oxygen atoms in total. The lowest BCUT2D eigenvalue weighted by atomic mass is 10.0. The van der Waals surface area contributed by atoms with Crippen LogP contribution in [0.5, 0.6) is 0 Å². The Morgan fingerprint density at radius 1 is 1.16 bits per heavy atom. The quantitative estimate of drug-likeness (QED) is 0.749. The third-order valence-corrected chi connectivity index (χ3v) is 4.06. The third kappa shape index (κ3) is 6.01. The molecule has 2 N–H and O–H groups in total. The summed E-state index contributed by atoms with van der Waals surface area (Å²) in [5.74, 6) is 0.576. The maximum atomic E-state index is 11.6. The molecule has 19 heavy (non-hydrogen) atoms. The van der Waals surface area contributed by atoms with Crippen LogP contribution in [0.25, 0.3) is 0 Å². The Labute approximate surface area is 120 Å². The molecule has 1 aromatic rings. The monoisotopic (exact) mass is 280 g/mol. The van der Waals surface area contributed by atoms with E-state index in [-0.39, 0.29) is 6.03 Å². The van der Waals surface area contributed by atoms with Gasteiger partial charge in [0.2, 0.25) is 0 Å². The van der Waals surface area contributed by atoms with Gasteiger partial charge in [0.05, 0.1) is 0 Å². The molecule has 4 heteroatoms. The highest BCUT2D eigenvalue weighted by molar-refractivity contribution is 7.98. The summed E-state index contributed by atoms with van der Waals surface area (Å²) in [5, 5.41) is 5.81. The minimum Gasteiger partial charge on any atom is -0.338 e. The molecule has 1 aromatic carbocycles. The van der Waals surface area contributed by atoms with Gasteiger partial charge in [-0.25, -0.2) is 4.79 Å². The smallest absolute Gasteiger partial charge is 0.315 e. The molecule has 0 unspecified atom stereocenters. The minimum atomic E-state index is -0.0826. The molecule has 0 heterocycles. The lowest BCUT2D eigenvalue weighted by Crippen LogP contribution is -2.37. The van der Waals surface area contributed by atoms with Gasteiger partial charge in [0.1, 0.15) is 0 Å². The Hall–Kier alpha value is -1.16. The van der Waals surface area contributed by atoms with Gasteiger partial charge >= 0.3 is 6.03 Å². The number of benzene rings is 1. The Balaban J connectivity index is 2.29. The summed E-state index contributed by atoms with van der Waals surface area (Å²) < 4.78 is 0. The van der Waals surface area contributed by atoms with E-state index >= 15 is 0 Å². The Morgan fingerprint density at radius 2 is 1.79 bits per heavy atom. The van der Waals surface area contributed by atoms with Gasteiger partial charge in [-0.15, -0.1) is 11.8 Å². The van der Waals surface area contributed by atoms with Crippen molar-refractivity contribution in [1.29, 1.82) is 0 Å². The zero-order chi connectivity index (χ0) is 14.1.